The smallest absolute Gasteiger partial charge is 0.330 e. The lowest BCUT2D eigenvalue weighted by molar-refractivity contribution is -0.133. The zero-order valence-corrected chi connectivity index (χ0v) is 8.11. The summed E-state index contributed by atoms with van der Waals surface area (Å²) >= 11 is 0. The lowest BCUT2D eigenvalue weighted by Gasteiger charge is -2.09. The molecule has 0 heterocycles. The predicted octanol–water partition coefficient (Wildman–Crippen LogP) is 1.32. The van der Waals surface area contributed by atoms with Crippen LogP contribution < -0.4 is 0 Å². The quantitative estimate of drug-likeness (QED) is 0.352. The Morgan fingerprint density at radius 2 is 2.21 bits per heavy atom. The highest BCUT2D eigenvalue weighted by atomic mass is 16.6. The summed E-state index contributed by atoms with van der Waals surface area (Å²) in [4.78, 5) is 10.3. The number of hydrogen-bond acceptors (Lipinski definition) is 3. The summed E-state index contributed by atoms with van der Waals surface area (Å²) in [5.41, 5.74) is 0.154. The molecule has 2 N–H and O–H groups in total. The van der Waals surface area contributed by atoms with Crippen molar-refractivity contribution in [3.8, 4) is 0 Å². The number of hydrogen-bond donors (Lipinski definition) is 2. The summed E-state index contributed by atoms with van der Waals surface area (Å²) in [5, 5.41) is 17.7. The van der Waals surface area contributed by atoms with Crippen LogP contribution in [0.5, 0.6) is 0 Å². The molecule has 0 aliphatic carbocycles. The van der Waals surface area contributed by atoms with Gasteiger partial charge in [0.2, 0.25) is 0 Å². The van der Waals surface area contributed by atoms with E-state index in [1.54, 1.807) is 6.08 Å². The fourth-order valence-corrected chi connectivity index (χ4v) is 0.859. The maximum Gasteiger partial charge on any atom is 0.330 e. The monoisotopic (exact) mass is 200 g/mol. The van der Waals surface area contributed by atoms with Crippen molar-refractivity contribution >= 4 is 5.97 Å². The molecule has 0 spiro atoms. The van der Waals surface area contributed by atoms with E-state index >= 15 is 0 Å². The van der Waals surface area contributed by atoms with Gasteiger partial charge in [0, 0.05) is 5.57 Å². The van der Waals surface area contributed by atoms with Gasteiger partial charge in [-0.2, -0.15) is 0 Å². The largest absolute Gasteiger partial charge is 0.478 e. The Morgan fingerprint density at radius 1 is 1.57 bits per heavy atom. The molecule has 80 valence electrons. The van der Waals surface area contributed by atoms with Gasteiger partial charge in [-0.3, -0.25) is 0 Å². The highest BCUT2D eigenvalue weighted by Gasteiger charge is 2.06. The van der Waals surface area contributed by atoms with E-state index in [1.807, 2.05) is 0 Å². The first kappa shape index (κ1) is 12.9. The van der Waals surface area contributed by atoms with Gasteiger partial charge >= 0.3 is 5.97 Å². The molecule has 0 aromatic heterocycles. The van der Waals surface area contributed by atoms with E-state index in [0.29, 0.717) is 25.9 Å². The summed E-state index contributed by atoms with van der Waals surface area (Å²) in [5.74, 6) is -0.994. The van der Waals surface area contributed by atoms with Gasteiger partial charge in [0.1, 0.15) is 0 Å². The van der Waals surface area contributed by atoms with Crippen molar-refractivity contribution in [1.82, 2.24) is 0 Å². The normalized spacial score (nSPS) is 12.1. The first-order valence-corrected chi connectivity index (χ1v) is 4.39. The average Bonchev–Trinajstić information content (AvgIpc) is 2.14. The average molecular weight is 200 g/mol. The zero-order chi connectivity index (χ0) is 11.0. The van der Waals surface area contributed by atoms with Crippen molar-refractivity contribution in [2.45, 2.75) is 25.6 Å². The molecule has 0 saturated heterocycles. The molecule has 14 heavy (non-hydrogen) atoms. The molecule has 0 bridgehead atoms. The van der Waals surface area contributed by atoms with Gasteiger partial charge in [-0.15, -0.1) is 6.58 Å². The van der Waals surface area contributed by atoms with Crippen LogP contribution in [0.2, 0.25) is 0 Å². The minimum atomic E-state index is -0.994. The minimum Gasteiger partial charge on any atom is -0.478 e. The molecule has 0 saturated carbocycles. The Morgan fingerprint density at radius 3 is 2.71 bits per heavy atom. The molecule has 0 fully saturated rings. The molecule has 0 aliphatic heterocycles. The maximum absolute atomic E-state index is 10.3. The standard InChI is InChI=1S/C10H16O4/c1-3-7-14-9(11)6-4-5-8(2)10(12)13/h3,9,11H,1-2,4-7H2,(H,12,13). The highest BCUT2D eigenvalue weighted by Crippen LogP contribution is 2.08. The van der Waals surface area contributed by atoms with Gasteiger partial charge in [0.15, 0.2) is 6.29 Å². The molecular weight excluding hydrogens is 184 g/mol. The molecule has 1 atom stereocenters. The third-order valence-electron chi connectivity index (χ3n) is 1.64. The molecule has 0 radical (unpaired) electrons. The second-order valence-electron chi connectivity index (χ2n) is 2.88. The van der Waals surface area contributed by atoms with Crippen LogP contribution in [0.15, 0.2) is 24.8 Å². The number of carbonyl (C=O) groups is 1. The topological polar surface area (TPSA) is 66.8 Å². The Balaban J connectivity index is 3.48. The van der Waals surface area contributed by atoms with Crippen molar-refractivity contribution < 1.29 is 19.7 Å². The van der Waals surface area contributed by atoms with Gasteiger partial charge in [-0.05, 0) is 19.3 Å². The number of rotatable bonds is 8. The van der Waals surface area contributed by atoms with Gasteiger partial charge in [-0.1, -0.05) is 12.7 Å². The van der Waals surface area contributed by atoms with E-state index in [-0.39, 0.29) is 5.57 Å². The van der Waals surface area contributed by atoms with Crippen LogP contribution in [-0.2, 0) is 9.53 Å². The summed E-state index contributed by atoms with van der Waals surface area (Å²) < 4.78 is 4.89. The molecule has 1 unspecified atom stereocenters. The summed E-state index contributed by atoms with van der Waals surface area (Å²) in [6.45, 7) is 7.10. The van der Waals surface area contributed by atoms with Gasteiger partial charge < -0.3 is 14.9 Å². The van der Waals surface area contributed by atoms with Crippen molar-refractivity contribution in [3.63, 3.8) is 0 Å². The molecular formula is C10H16O4. The van der Waals surface area contributed by atoms with Crippen molar-refractivity contribution in [2.75, 3.05) is 6.61 Å². The molecule has 0 rings (SSSR count). The number of aliphatic hydroxyl groups excluding tert-OH is 1. The molecule has 0 aliphatic rings. The Kier molecular flexibility index (Phi) is 6.70. The van der Waals surface area contributed by atoms with Crippen LogP contribution in [0.25, 0.3) is 0 Å². The third-order valence-corrected chi connectivity index (χ3v) is 1.64. The Hall–Kier alpha value is -1.13. The van der Waals surface area contributed by atoms with E-state index in [2.05, 4.69) is 13.2 Å². The van der Waals surface area contributed by atoms with Crippen molar-refractivity contribution in [3.05, 3.63) is 24.8 Å². The first-order valence-electron chi connectivity index (χ1n) is 4.39. The lowest BCUT2D eigenvalue weighted by atomic mass is 10.1. The Bertz CT molecular complexity index is 210. The first-order chi connectivity index (χ1) is 6.57. The number of carboxylic acid groups (broad SMARTS) is 1. The van der Waals surface area contributed by atoms with E-state index in [0.717, 1.165) is 0 Å². The number of ether oxygens (including phenoxy) is 1. The molecule has 0 aromatic carbocycles. The molecule has 0 aromatic rings. The SMILES string of the molecule is C=CCOC(O)CCCC(=C)C(=O)O. The van der Waals surface area contributed by atoms with Crippen LogP contribution in [0.1, 0.15) is 19.3 Å². The van der Waals surface area contributed by atoms with E-state index < -0.39 is 12.3 Å². The number of aliphatic hydroxyl groups is 1. The zero-order valence-electron chi connectivity index (χ0n) is 8.11. The van der Waals surface area contributed by atoms with Crippen molar-refractivity contribution in [2.24, 2.45) is 0 Å². The van der Waals surface area contributed by atoms with Gasteiger partial charge in [-0.25, -0.2) is 4.79 Å². The van der Waals surface area contributed by atoms with Crippen LogP contribution in [0.3, 0.4) is 0 Å². The summed E-state index contributed by atoms with van der Waals surface area (Å²) in [7, 11) is 0. The van der Waals surface area contributed by atoms with Crippen molar-refractivity contribution in [1.29, 1.82) is 0 Å². The molecule has 4 nitrogen and oxygen atoms in total. The summed E-state index contributed by atoms with van der Waals surface area (Å²) in [6, 6.07) is 0. The van der Waals surface area contributed by atoms with Crippen LogP contribution in [0, 0.1) is 0 Å². The lowest BCUT2D eigenvalue weighted by Crippen LogP contribution is -2.12. The van der Waals surface area contributed by atoms with Crippen LogP contribution >= 0.6 is 0 Å². The maximum atomic E-state index is 10.3. The molecule has 4 heteroatoms. The summed E-state index contributed by atoms with van der Waals surface area (Å²) in [6.07, 6.45) is 2.00. The van der Waals surface area contributed by atoms with Crippen LogP contribution in [0.4, 0.5) is 0 Å². The fraction of sp³-hybridized carbons (Fsp3) is 0.500. The van der Waals surface area contributed by atoms with E-state index in [1.165, 1.54) is 0 Å². The Labute approximate surface area is 83.5 Å². The predicted molar refractivity (Wildman–Crippen MR) is 52.8 cm³/mol. The minimum absolute atomic E-state index is 0.154. The van der Waals surface area contributed by atoms with E-state index in [4.69, 9.17) is 9.84 Å². The third kappa shape index (κ3) is 6.39. The fourth-order valence-electron chi connectivity index (χ4n) is 0.859. The second-order valence-corrected chi connectivity index (χ2v) is 2.88. The van der Waals surface area contributed by atoms with Crippen LogP contribution in [-0.4, -0.2) is 29.1 Å². The van der Waals surface area contributed by atoms with E-state index in [9.17, 15) is 9.90 Å². The highest BCUT2D eigenvalue weighted by molar-refractivity contribution is 5.85. The number of aliphatic carboxylic acids is 1. The second kappa shape index (κ2) is 7.29. The number of carboxylic acids is 1. The molecule has 0 amide bonds. The van der Waals surface area contributed by atoms with Gasteiger partial charge in [0.25, 0.3) is 0 Å². The van der Waals surface area contributed by atoms with Gasteiger partial charge in [0.05, 0.1) is 6.61 Å².